The average Bonchev–Trinajstić information content (AvgIpc) is 2.76. The second-order valence-electron chi connectivity index (χ2n) is 4.06. The number of anilines is 1. The van der Waals surface area contributed by atoms with Crippen LogP contribution in [0.4, 0.5) is 5.95 Å². The zero-order chi connectivity index (χ0) is 11.2. The molecule has 0 bridgehead atoms. The maximum atomic E-state index is 5.66. The van der Waals surface area contributed by atoms with Gasteiger partial charge in [-0.1, -0.05) is 6.08 Å². The third kappa shape index (κ3) is 2.85. The molecule has 1 fully saturated rings. The number of hydrogen-bond donors (Lipinski definition) is 1. The van der Waals surface area contributed by atoms with Crippen LogP contribution >= 0.6 is 0 Å². The predicted octanol–water partition coefficient (Wildman–Crippen LogP) is 2.05. The summed E-state index contributed by atoms with van der Waals surface area (Å²) >= 11 is 0. The van der Waals surface area contributed by atoms with Gasteiger partial charge in [-0.15, -0.1) is 6.58 Å². The first kappa shape index (κ1) is 11.2. The van der Waals surface area contributed by atoms with E-state index in [0.29, 0.717) is 6.10 Å². The molecule has 0 aromatic carbocycles. The van der Waals surface area contributed by atoms with Gasteiger partial charge < -0.3 is 14.6 Å². The monoisotopic (exact) mass is 221 g/mol. The van der Waals surface area contributed by atoms with Crippen molar-refractivity contribution in [3.05, 3.63) is 25.0 Å². The quantitative estimate of drug-likeness (QED) is 0.773. The Balaban J connectivity index is 1.83. The van der Waals surface area contributed by atoms with Gasteiger partial charge in [0, 0.05) is 32.1 Å². The molecule has 1 unspecified atom stereocenters. The zero-order valence-electron chi connectivity index (χ0n) is 9.56. The molecule has 0 aliphatic carbocycles. The smallest absolute Gasteiger partial charge is 0.203 e. The van der Waals surface area contributed by atoms with Crippen molar-refractivity contribution < 1.29 is 4.74 Å². The minimum Gasteiger partial charge on any atom is -0.376 e. The van der Waals surface area contributed by atoms with Crippen LogP contribution in [0.1, 0.15) is 19.3 Å². The van der Waals surface area contributed by atoms with Crippen molar-refractivity contribution >= 4 is 5.95 Å². The molecule has 0 spiro atoms. The molecule has 0 saturated carbocycles. The molecule has 1 aliphatic rings. The van der Waals surface area contributed by atoms with Crippen molar-refractivity contribution in [2.45, 2.75) is 31.9 Å². The highest BCUT2D eigenvalue weighted by molar-refractivity contribution is 5.26. The van der Waals surface area contributed by atoms with Crippen molar-refractivity contribution in [2.75, 3.05) is 18.5 Å². The van der Waals surface area contributed by atoms with E-state index in [1.807, 2.05) is 16.8 Å². The Bertz CT molecular complexity index is 329. The van der Waals surface area contributed by atoms with Crippen LogP contribution in [-0.2, 0) is 11.3 Å². The molecule has 1 aliphatic heterocycles. The largest absolute Gasteiger partial charge is 0.376 e. The van der Waals surface area contributed by atoms with E-state index < -0.39 is 0 Å². The molecule has 0 radical (unpaired) electrons. The summed E-state index contributed by atoms with van der Waals surface area (Å²) in [7, 11) is 0. The third-order valence-electron chi connectivity index (χ3n) is 2.80. The van der Waals surface area contributed by atoms with Gasteiger partial charge in [-0.2, -0.15) is 0 Å². The molecule has 88 valence electrons. The molecular formula is C12H19N3O. The lowest BCUT2D eigenvalue weighted by atomic mass is 10.1. The van der Waals surface area contributed by atoms with Crippen LogP contribution in [0.2, 0.25) is 0 Å². The number of nitrogens with one attached hydrogen (secondary N) is 1. The van der Waals surface area contributed by atoms with E-state index in [9.17, 15) is 0 Å². The summed E-state index contributed by atoms with van der Waals surface area (Å²) in [6, 6.07) is 0. The van der Waals surface area contributed by atoms with Gasteiger partial charge in [-0.25, -0.2) is 4.98 Å². The van der Waals surface area contributed by atoms with Crippen molar-refractivity contribution in [3.63, 3.8) is 0 Å². The molecule has 2 heterocycles. The molecule has 16 heavy (non-hydrogen) atoms. The molecule has 1 aromatic rings. The predicted molar refractivity (Wildman–Crippen MR) is 64.5 cm³/mol. The Labute approximate surface area is 96.3 Å². The van der Waals surface area contributed by atoms with E-state index in [4.69, 9.17) is 4.74 Å². The summed E-state index contributed by atoms with van der Waals surface area (Å²) in [5, 5.41) is 3.33. The number of aromatic nitrogens is 2. The third-order valence-corrected chi connectivity index (χ3v) is 2.80. The van der Waals surface area contributed by atoms with Crippen LogP contribution in [0.5, 0.6) is 0 Å². The SMILES string of the molecule is C=CCn1ccnc1NCC1CCCCO1. The van der Waals surface area contributed by atoms with Crippen molar-refractivity contribution in [1.82, 2.24) is 9.55 Å². The first-order valence-corrected chi connectivity index (χ1v) is 5.87. The topological polar surface area (TPSA) is 39.1 Å². The molecule has 2 rings (SSSR count). The van der Waals surface area contributed by atoms with E-state index >= 15 is 0 Å². The fourth-order valence-electron chi connectivity index (χ4n) is 1.94. The number of hydrogen-bond acceptors (Lipinski definition) is 3. The lowest BCUT2D eigenvalue weighted by Crippen LogP contribution is -2.27. The van der Waals surface area contributed by atoms with Gasteiger partial charge in [0.05, 0.1) is 6.10 Å². The summed E-state index contributed by atoms with van der Waals surface area (Å²) in [5.41, 5.74) is 0. The first-order chi connectivity index (χ1) is 7.90. The van der Waals surface area contributed by atoms with Gasteiger partial charge in [-0.05, 0) is 19.3 Å². The van der Waals surface area contributed by atoms with Gasteiger partial charge >= 0.3 is 0 Å². The van der Waals surface area contributed by atoms with Gasteiger partial charge in [0.25, 0.3) is 0 Å². The number of rotatable bonds is 5. The summed E-state index contributed by atoms with van der Waals surface area (Å²) in [5.74, 6) is 0.897. The van der Waals surface area contributed by atoms with Crippen molar-refractivity contribution in [3.8, 4) is 0 Å². The van der Waals surface area contributed by atoms with Gasteiger partial charge in [0.2, 0.25) is 5.95 Å². The van der Waals surface area contributed by atoms with E-state index in [0.717, 1.165) is 32.1 Å². The molecule has 1 N–H and O–H groups in total. The number of nitrogens with zero attached hydrogens (tertiary/aromatic N) is 2. The lowest BCUT2D eigenvalue weighted by molar-refractivity contribution is 0.0246. The number of imidazole rings is 1. The van der Waals surface area contributed by atoms with E-state index in [2.05, 4.69) is 16.9 Å². The summed E-state index contributed by atoms with van der Waals surface area (Å²) in [4.78, 5) is 4.27. The maximum absolute atomic E-state index is 5.66. The normalized spacial score (nSPS) is 20.6. The van der Waals surface area contributed by atoms with Crippen LogP contribution in [0.15, 0.2) is 25.0 Å². The van der Waals surface area contributed by atoms with Gasteiger partial charge in [0.15, 0.2) is 0 Å². The highest BCUT2D eigenvalue weighted by atomic mass is 16.5. The molecule has 0 amide bonds. The Hall–Kier alpha value is -1.29. The molecular weight excluding hydrogens is 202 g/mol. The van der Waals surface area contributed by atoms with Crippen molar-refractivity contribution in [1.29, 1.82) is 0 Å². The Kier molecular flexibility index (Phi) is 3.99. The first-order valence-electron chi connectivity index (χ1n) is 5.87. The summed E-state index contributed by atoms with van der Waals surface area (Å²) in [6.45, 7) is 6.25. The maximum Gasteiger partial charge on any atom is 0.203 e. The molecule has 4 heteroatoms. The van der Waals surface area contributed by atoms with Crippen LogP contribution in [0.3, 0.4) is 0 Å². The molecule has 4 nitrogen and oxygen atoms in total. The Morgan fingerprint density at radius 2 is 2.56 bits per heavy atom. The van der Waals surface area contributed by atoms with Crippen LogP contribution in [0.25, 0.3) is 0 Å². The van der Waals surface area contributed by atoms with E-state index in [1.54, 1.807) is 6.20 Å². The van der Waals surface area contributed by atoms with Crippen LogP contribution in [-0.4, -0.2) is 28.8 Å². The highest BCUT2D eigenvalue weighted by Gasteiger charge is 2.14. The lowest BCUT2D eigenvalue weighted by Gasteiger charge is -2.23. The van der Waals surface area contributed by atoms with Gasteiger partial charge in [0.1, 0.15) is 0 Å². The standard InChI is InChI=1S/C12H19N3O/c1-2-7-15-8-6-13-12(15)14-10-11-5-3-4-9-16-11/h2,6,8,11H,1,3-5,7,9-10H2,(H,13,14). The zero-order valence-corrected chi connectivity index (χ0v) is 9.56. The molecule has 1 aromatic heterocycles. The van der Waals surface area contributed by atoms with Crippen molar-refractivity contribution in [2.24, 2.45) is 0 Å². The fourth-order valence-corrected chi connectivity index (χ4v) is 1.94. The second-order valence-corrected chi connectivity index (χ2v) is 4.06. The van der Waals surface area contributed by atoms with Crippen LogP contribution < -0.4 is 5.32 Å². The minimum atomic E-state index is 0.336. The fraction of sp³-hybridized carbons (Fsp3) is 0.583. The second kappa shape index (κ2) is 5.70. The molecule has 1 saturated heterocycles. The van der Waals surface area contributed by atoms with Gasteiger partial charge in [-0.3, -0.25) is 0 Å². The van der Waals surface area contributed by atoms with E-state index in [1.165, 1.54) is 12.8 Å². The Morgan fingerprint density at radius 3 is 3.31 bits per heavy atom. The van der Waals surface area contributed by atoms with E-state index in [-0.39, 0.29) is 0 Å². The summed E-state index contributed by atoms with van der Waals surface area (Å²) in [6.07, 6.45) is 9.57. The average molecular weight is 221 g/mol. The minimum absolute atomic E-state index is 0.336. The summed E-state index contributed by atoms with van der Waals surface area (Å²) < 4.78 is 7.69. The molecule has 1 atom stereocenters. The highest BCUT2D eigenvalue weighted by Crippen LogP contribution is 2.13. The number of ether oxygens (including phenoxy) is 1. The Morgan fingerprint density at radius 1 is 1.62 bits per heavy atom. The number of allylic oxidation sites excluding steroid dienone is 1. The van der Waals surface area contributed by atoms with Crippen LogP contribution in [0, 0.1) is 0 Å².